The molecule has 19 heavy (non-hydrogen) atoms. The van der Waals surface area contributed by atoms with E-state index in [1.54, 1.807) is 0 Å². The van der Waals surface area contributed by atoms with E-state index in [9.17, 15) is 14.4 Å². The third kappa shape index (κ3) is 4.76. The molecule has 7 nitrogen and oxygen atoms in total. The highest BCUT2D eigenvalue weighted by Crippen LogP contribution is 2.10. The molecule has 1 aliphatic heterocycles. The van der Waals surface area contributed by atoms with Crippen molar-refractivity contribution in [3.63, 3.8) is 0 Å². The lowest BCUT2D eigenvalue weighted by atomic mass is 10.0. The summed E-state index contributed by atoms with van der Waals surface area (Å²) in [4.78, 5) is 34.0. The molecule has 2 N–H and O–H groups in total. The second kappa shape index (κ2) is 7.60. The van der Waals surface area contributed by atoms with E-state index in [4.69, 9.17) is 4.74 Å². The third-order valence-corrected chi connectivity index (χ3v) is 2.76. The molecule has 1 fully saturated rings. The molecule has 1 aliphatic rings. The van der Waals surface area contributed by atoms with Crippen molar-refractivity contribution < 1.29 is 23.9 Å². The number of hydrogen-bond donors (Lipinski definition) is 2. The summed E-state index contributed by atoms with van der Waals surface area (Å²) in [6, 6.07) is -1.36. The third-order valence-electron chi connectivity index (χ3n) is 2.76. The average molecular weight is 272 g/mol. The summed E-state index contributed by atoms with van der Waals surface area (Å²) in [6.07, 6.45) is 1.64. The standard InChI is InChI=1S/C12H20N2O5/c1-3-5-7-18-11(16)13-8(6-4-2)9-10(15)19-12(17)14-9/h8-9H,3-7H2,1-2H3,(H,13,16)(H,14,17). The average Bonchev–Trinajstić information content (AvgIpc) is 2.68. The van der Waals surface area contributed by atoms with Crippen LogP contribution in [0, 0.1) is 0 Å². The molecule has 0 aromatic rings. The first-order valence-electron chi connectivity index (χ1n) is 6.54. The summed E-state index contributed by atoms with van der Waals surface area (Å²) >= 11 is 0. The number of unbranched alkanes of at least 4 members (excludes halogenated alkanes) is 1. The first kappa shape index (κ1) is 15.3. The van der Waals surface area contributed by atoms with E-state index in [2.05, 4.69) is 15.4 Å². The number of carbonyl (C=O) groups excluding carboxylic acids is 3. The summed E-state index contributed by atoms with van der Waals surface area (Å²) in [5.41, 5.74) is 0. The molecule has 2 amide bonds. The Morgan fingerprint density at radius 3 is 2.68 bits per heavy atom. The number of ether oxygens (including phenoxy) is 2. The van der Waals surface area contributed by atoms with Gasteiger partial charge in [-0.15, -0.1) is 0 Å². The van der Waals surface area contributed by atoms with Crippen molar-refractivity contribution in [3.05, 3.63) is 0 Å². The van der Waals surface area contributed by atoms with Crippen LogP contribution in [0.1, 0.15) is 39.5 Å². The zero-order chi connectivity index (χ0) is 14.3. The summed E-state index contributed by atoms with van der Waals surface area (Å²) in [5, 5.41) is 4.97. The predicted molar refractivity (Wildman–Crippen MR) is 66.5 cm³/mol. The summed E-state index contributed by atoms with van der Waals surface area (Å²) in [7, 11) is 0. The molecule has 1 heterocycles. The predicted octanol–water partition coefficient (Wildman–Crippen LogP) is 1.32. The van der Waals surface area contributed by atoms with Crippen molar-refractivity contribution >= 4 is 18.2 Å². The monoisotopic (exact) mass is 272 g/mol. The first-order valence-corrected chi connectivity index (χ1v) is 6.54. The molecule has 2 atom stereocenters. The van der Waals surface area contributed by atoms with Gasteiger partial charge in [-0.3, -0.25) is 0 Å². The van der Waals surface area contributed by atoms with Crippen LogP contribution in [0.2, 0.25) is 0 Å². The lowest BCUT2D eigenvalue weighted by Gasteiger charge is -2.21. The fraction of sp³-hybridized carbons (Fsp3) is 0.750. The highest BCUT2D eigenvalue weighted by Gasteiger charge is 2.39. The summed E-state index contributed by atoms with van der Waals surface area (Å²) < 4.78 is 9.37. The molecular formula is C12H20N2O5. The van der Waals surface area contributed by atoms with Gasteiger partial charge in [0.15, 0.2) is 6.04 Å². The highest BCUT2D eigenvalue weighted by molar-refractivity contribution is 5.96. The zero-order valence-corrected chi connectivity index (χ0v) is 11.2. The topological polar surface area (TPSA) is 93.7 Å². The van der Waals surface area contributed by atoms with E-state index in [0.29, 0.717) is 13.0 Å². The van der Waals surface area contributed by atoms with Crippen LogP contribution in [0.25, 0.3) is 0 Å². The van der Waals surface area contributed by atoms with Gasteiger partial charge in [0.05, 0.1) is 12.6 Å². The van der Waals surface area contributed by atoms with Crippen LogP contribution in [-0.2, 0) is 14.3 Å². The Kier molecular flexibility index (Phi) is 6.11. The van der Waals surface area contributed by atoms with Gasteiger partial charge in [0.1, 0.15) is 0 Å². The van der Waals surface area contributed by atoms with E-state index in [1.165, 1.54) is 0 Å². The van der Waals surface area contributed by atoms with Crippen LogP contribution in [0.3, 0.4) is 0 Å². The lowest BCUT2D eigenvalue weighted by molar-refractivity contribution is -0.135. The van der Waals surface area contributed by atoms with Gasteiger partial charge in [0.2, 0.25) is 0 Å². The molecule has 1 rings (SSSR count). The van der Waals surface area contributed by atoms with E-state index < -0.39 is 30.2 Å². The number of esters is 1. The quantitative estimate of drug-likeness (QED) is 0.414. The Labute approximate surface area is 112 Å². The maximum absolute atomic E-state index is 11.5. The summed E-state index contributed by atoms with van der Waals surface area (Å²) in [5.74, 6) is -0.669. The SMILES string of the molecule is CCCCOC(=O)NC(CCC)C1NC(=O)OC1=O. The number of amides is 2. The smallest absolute Gasteiger partial charge is 0.415 e. The number of cyclic esters (lactones) is 2. The number of nitrogens with one attached hydrogen (secondary N) is 2. The van der Waals surface area contributed by atoms with Crippen LogP contribution in [0.5, 0.6) is 0 Å². The maximum Gasteiger partial charge on any atom is 0.415 e. The second-order valence-corrected chi connectivity index (χ2v) is 4.36. The van der Waals surface area contributed by atoms with E-state index in [-0.39, 0.29) is 0 Å². The van der Waals surface area contributed by atoms with Crippen LogP contribution < -0.4 is 10.6 Å². The van der Waals surface area contributed by atoms with Crippen LogP contribution in [0.15, 0.2) is 0 Å². The fourth-order valence-corrected chi connectivity index (χ4v) is 1.77. The molecule has 0 aromatic heterocycles. The molecule has 0 bridgehead atoms. The van der Waals surface area contributed by atoms with Crippen molar-refractivity contribution in [2.24, 2.45) is 0 Å². The minimum Gasteiger partial charge on any atom is -0.450 e. The van der Waals surface area contributed by atoms with E-state index >= 15 is 0 Å². The van der Waals surface area contributed by atoms with Crippen LogP contribution in [-0.4, -0.2) is 36.8 Å². The van der Waals surface area contributed by atoms with Crippen molar-refractivity contribution in [1.29, 1.82) is 0 Å². The molecule has 0 aliphatic carbocycles. The molecule has 1 saturated heterocycles. The fourth-order valence-electron chi connectivity index (χ4n) is 1.77. The lowest BCUT2D eigenvalue weighted by Crippen LogP contribution is -2.50. The van der Waals surface area contributed by atoms with Crippen LogP contribution in [0.4, 0.5) is 9.59 Å². The molecule has 108 valence electrons. The normalized spacial score (nSPS) is 19.6. The highest BCUT2D eigenvalue weighted by atomic mass is 16.6. The van der Waals surface area contributed by atoms with Gasteiger partial charge in [-0.1, -0.05) is 26.7 Å². The molecule has 2 unspecified atom stereocenters. The Bertz CT molecular complexity index is 345. The van der Waals surface area contributed by atoms with Crippen molar-refractivity contribution in [1.82, 2.24) is 10.6 Å². The zero-order valence-electron chi connectivity index (χ0n) is 11.2. The van der Waals surface area contributed by atoms with Gasteiger partial charge >= 0.3 is 18.2 Å². The number of rotatable bonds is 7. The van der Waals surface area contributed by atoms with Gasteiger partial charge < -0.3 is 20.1 Å². The number of carbonyl (C=O) groups is 3. The molecule has 0 saturated carbocycles. The van der Waals surface area contributed by atoms with Crippen molar-refractivity contribution in [2.75, 3.05) is 6.61 Å². The second-order valence-electron chi connectivity index (χ2n) is 4.36. The Morgan fingerprint density at radius 2 is 2.16 bits per heavy atom. The Hall–Kier alpha value is -1.79. The molecule has 0 spiro atoms. The van der Waals surface area contributed by atoms with Crippen LogP contribution >= 0.6 is 0 Å². The van der Waals surface area contributed by atoms with Gasteiger partial charge in [-0.2, -0.15) is 0 Å². The van der Waals surface area contributed by atoms with Gasteiger partial charge in [0.25, 0.3) is 0 Å². The Balaban J connectivity index is 2.50. The largest absolute Gasteiger partial charge is 0.450 e. The maximum atomic E-state index is 11.5. The molecule has 7 heteroatoms. The Morgan fingerprint density at radius 1 is 1.42 bits per heavy atom. The molecule has 0 aromatic carbocycles. The van der Waals surface area contributed by atoms with Gasteiger partial charge in [-0.05, 0) is 12.8 Å². The number of hydrogen-bond acceptors (Lipinski definition) is 5. The minimum atomic E-state index is -0.842. The molecular weight excluding hydrogens is 252 g/mol. The summed E-state index contributed by atoms with van der Waals surface area (Å²) in [6.45, 7) is 4.24. The van der Waals surface area contributed by atoms with Crippen molar-refractivity contribution in [3.8, 4) is 0 Å². The van der Waals surface area contributed by atoms with Gasteiger partial charge in [-0.25, -0.2) is 14.4 Å². The minimum absolute atomic E-state index is 0.336. The number of alkyl carbamates (subject to hydrolysis) is 2. The molecule has 0 radical (unpaired) electrons. The van der Waals surface area contributed by atoms with E-state index in [0.717, 1.165) is 19.3 Å². The first-order chi connectivity index (χ1) is 9.08. The van der Waals surface area contributed by atoms with E-state index in [1.807, 2.05) is 13.8 Å². The van der Waals surface area contributed by atoms with Crippen molar-refractivity contribution in [2.45, 2.75) is 51.6 Å². The van der Waals surface area contributed by atoms with Gasteiger partial charge in [0, 0.05) is 0 Å².